The summed E-state index contributed by atoms with van der Waals surface area (Å²) in [5.41, 5.74) is 1.43. The normalized spacial score (nSPS) is 21.2. The molecule has 0 amide bonds. The van der Waals surface area contributed by atoms with Crippen molar-refractivity contribution >= 4 is 0 Å². The molecule has 106 valence electrons. The molecular weight excluding hydrogens is 250 g/mol. The molecule has 0 radical (unpaired) electrons. The fourth-order valence-electron chi connectivity index (χ4n) is 2.87. The molecule has 1 fully saturated rings. The van der Waals surface area contributed by atoms with E-state index in [9.17, 15) is 0 Å². The van der Waals surface area contributed by atoms with Gasteiger partial charge in [-0.3, -0.25) is 4.90 Å². The molecule has 2 atom stereocenters. The van der Waals surface area contributed by atoms with E-state index in [0.717, 1.165) is 31.2 Å². The van der Waals surface area contributed by atoms with Crippen molar-refractivity contribution in [1.82, 2.24) is 15.0 Å². The first-order chi connectivity index (χ1) is 9.78. The Morgan fingerprint density at radius 2 is 2.15 bits per heavy atom. The summed E-state index contributed by atoms with van der Waals surface area (Å²) in [6.07, 6.45) is 2.02. The minimum atomic E-state index is 0.205. The smallest absolute Gasteiger partial charge is 0.243 e. The molecule has 0 saturated carbocycles. The van der Waals surface area contributed by atoms with Crippen LogP contribution < -0.4 is 0 Å². The molecule has 0 aliphatic carbocycles. The summed E-state index contributed by atoms with van der Waals surface area (Å²) >= 11 is 0. The number of rotatable bonds is 4. The van der Waals surface area contributed by atoms with Gasteiger partial charge in [0.1, 0.15) is 0 Å². The van der Waals surface area contributed by atoms with Crippen molar-refractivity contribution in [2.75, 3.05) is 13.1 Å². The van der Waals surface area contributed by atoms with E-state index in [1.54, 1.807) is 0 Å². The molecule has 0 bridgehead atoms. The predicted molar refractivity (Wildman–Crippen MR) is 77.5 cm³/mol. The van der Waals surface area contributed by atoms with Crippen molar-refractivity contribution < 1.29 is 4.52 Å². The molecule has 0 spiro atoms. The number of aromatic nitrogens is 2. The molecular formula is C16H21N3O. The van der Waals surface area contributed by atoms with E-state index in [4.69, 9.17) is 4.52 Å². The van der Waals surface area contributed by atoms with Crippen molar-refractivity contribution in [2.24, 2.45) is 0 Å². The van der Waals surface area contributed by atoms with Gasteiger partial charge in [0.05, 0.1) is 6.04 Å². The first-order valence-corrected chi connectivity index (χ1v) is 7.39. The summed E-state index contributed by atoms with van der Waals surface area (Å²) in [7, 11) is 0. The van der Waals surface area contributed by atoms with E-state index in [0.29, 0.717) is 5.92 Å². The average molecular weight is 271 g/mol. The Morgan fingerprint density at radius 3 is 2.85 bits per heavy atom. The van der Waals surface area contributed by atoms with Crippen LogP contribution >= 0.6 is 0 Å². The second-order valence-electron chi connectivity index (χ2n) is 5.47. The quantitative estimate of drug-likeness (QED) is 0.856. The molecule has 1 aliphatic rings. The molecule has 1 saturated heterocycles. The lowest BCUT2D eigenvalue weighted by molar-refractivity contribution is 0.207. The lowest BCUT2D eigenvalue weighted by atomic mass is 9.99. The molecule has 20 heavy (non-hydrogen) atoms. The molecule has 2 unspecified atom stereocenters. The first kappa shape index (κ1) is 13.3. The van der Waals surface area contributed by atoms with Crippen LogP contribution in [0, 0.1) is 0 Å². The van der Waals surface area contributed by atoms with E-state index >= 15 is 0 Å². The van der Waals surface area contributed by atoms with E-state index in [-0.39, 0.29) is 6.04 Å². The molecule has 0 N–H and O–H groups in total. The summed E-state index contributed by atoms with van der Waals surface area (Å²) in [6, 6.07) is 11.0. The van der Waals surface area contributed by atoms with E-state index in [2.05, 4.69) is 52.3 Å². The van der Waals surface area contributed by atoms with Gasteiger partial charge in [-0.2, -0.15) is 4.98 Å². The third-order valence-corrected chi connectivity index (χ3v) is 4.20. The maximum atomic E-state index is 5.37. The van der Waals surface area contributed by atoms with Gasteiger partial charge in [0.2, 0.25) is 5.89 Å². The number of hydrogen-bond acceptors (Lipinski definition) is 4. The first-order valence-electron chi connectivity index (χ1n) is 7.39. The summed E-state index contributed by atoms with van der Waals surface area (Å²) < 4.78 is 5.37. The average Bonchev–Trinajstić information content (AvgIpc) is 3.17. The highest BCUT2D eigenvalue weighted by atomic mass is 16.5. The number of likely N-dealkylation sites (tertiary alicyclic amines) is 1. The number of aryl methyl sites for hydroxylation is 1. The summed E-state index contributed by atoms with van der Waals surface area (Å²) in [4.78, 5) is 6.89. The van der Waals surface area contributed by atoms with Crippen molar-refractivity contribution in [1.29, 1.82) is 0 Å². The summed E-state index contributed by atoms with van der Waals surface area (Å²) in [5, 5.41) is 3.99. The fraction of sp³-hybridized carbons (Fsp3) is 0.500. The molecule has 4 nitrogen and oxygen atoms in total. The Bertz CT molecular complexity index is 552. The third kappa shape index (κ3) is 2.61. The Hall–Kier alpha value is -1.68. The monoisotopic (exact) mass is 271 g/mol. The van der Waals surface area contributed by atoms with Gasteiger partial charge in [-0.1, -0.05) is 42.4 Å². The van der Waals surface area contributed by atoms with Gasteiger partial charge >= 0.3 is 0 Å². The zero-order chi connectivity index (χ0) is 13.9. The Balaban J connectivity index is 1.67. The molecule has 1 aromatic carbocycles. The Labute approximate surface area is 119 Å². The minimum Gasteiger partial charge on any atom is -0.338 e. The van der Waals surface area contributed by atoms with Gasteiger partial charge in [-0.25, -0.2) is 0 Å². The second kappa shape index (κ2) is 5.75. The van der Waals surface area contributed by atoms with Crippen LogP contribution in [0.5, 0.6) is 0 Å². The fourth-order valence-corrected chi connectivity index (χ4v) is 2.87. The van der Waals surface area contributed by atoms with Crippen LogP contribution in [0.4, 0.5) is 0 Å². The number of hydrogen-bond donors (Lipinski definition) is 0. The van der Waals surface area contributed by atoms with Gasteiger partial charge in [-0.15, -0.1) is 0 Å². The molecule has 1 aromatic heterocycles. The number of benzene rings is 1. The van der Waals surface area contributed by atoms with E-state index in [1.165, 1.54) is 12.0 Å². The van der Waals surface area contributed by atoms with Gasteiger partial charge in [0.25, 0.3) is 0 Å². The predicted octanol–water partition coefficient (Wildman–Crippen LogP) is 3.18. The zero-order valence-electron chi connectivity index (χ0n) is 12.1. The third-order valence-electron chi connectivity index (χ3n) is 4.20. The van der Waals surface area contributed by atoms with Crippen molar-refractivity contribution in [3.63, 3.8) is 0 Å². The molecule has 2 heterocycles. The SMILES string of the molecule is CCc1noc(C(C)N2CCC(c3ccccc3)C2)n1. The van der Waals surface area contributed by atoms with Crippen LogP contribution in [-0.4, -0.2) is 28.1 Å². The van der Waals surface area contributed by atoms with E-state index in [1.807, 2.05) is 6.92 Å². The van der Waals surface area contributed by atoms with Crippen molar-refractivity contribution in [3.8, 4) is 0 Å². The van der Waals surface area contributed by atoms with Crippen LogP contribution in [-0.2, 0) is 6.42 Å². The minimum absolute atomic E-state index is 0.205. The van der Waals surface area contributed by atoms with Crippen molar-refractivity contribution in [3.05, 3.63) is 47.6 Å². The van der Waals surface area contributed by atoms with Gasteiger partial charge in [0.15, 0.2) is 5.82 Å². The van der Waals surface area contributed by atoms with Crippen LogP contribution in [0.2, 0.25) is 0 Å². The lowest BCUT2D eigenvalue weighted by Crippen LogP contribution is -2.24. The standard InChI is InChI=1S/C16H21N3O/c1-3-15-17-16(20-18-15)12(2)19-10-9-14(11-19)13-7-5-4-6-8-13/h4-8,12,14H,3,9-11H2,1-2H3. The topological polar surface area (TPSA) is 42.2 Å². The zero-order valence-corrected chi connectivity index (χ0v) is 12.1. The highest BCUT2D eigenvalue weighted by Crippen LogP contribution is 2.32. The molecule has 4 heteroatoms. The molecule has 3 rings (SSSR count). The van der Waals surface area contributed by atoms with Crippen LogP contribution in [0.25, 0.3) is 0 Å². The number of nitrogens with zero attached hydrogens (tertiary/aromatic N) is 3. The highest BCUT2D eigenvalue weighted by Gasteiger charge is 2.30. The van der Waals surface area contributed by atoms with Crippen molar-refractivity contribution in [2.45, 2.75) is 38.6 Å². The van der Waals surface area contributed by atoms with Crippen LogP contribution in [0.1, 0.15) is 49.5 Å². The van der Waals surface area contributed by atoms with Gasteiger partial charge in [0, 0.05) is 13.0 Å². The Morgan fingerprint density at radius 1 is 1.35 bits per heavy atom. The maximum Gasteiger partial charge on any atom is 0.243 e. The maximum absolute atomic E-state index is 5.37. The Kier molecular flexibility index (Phi) is 3.83. The molecule has 2 aromatic rings. The van der Waals surface area contributed by atoms with Crippen LogP contribution in [0.15, 0.2) is 34.9 Å². The van der Waals surface area contributed by atoms with Gasteiger partial charge in [-0.05, 0) is 31.4 Å². The summed E-state index contributed by atoms with van der Waals surface area (Å²) in [6.45, 7) is 6.35. The second-order valence-corrected chi connectivity index (χ2v) is 5.47. The van der Waals surface area contributed by atoms with Crippen LogP contribution in [0.3, 0.4) is 0 Å². The highest BCUT2D eigenvalue weighted by molar-refractivity contribution is 5.21. The van der Waals surface area contributed by atoms with Gasteiger partial charge < -0.3 is 4.52 Å². The lowest BCUT2D eigenvalue weighted by Gasteiger charge is -2.21. The van der Waals surface area contributed by atoms with E-state index < -0.39 is 0 Å². The largest absolute Gasteiger partial charge is 0.338 e. The summed E-state index contributed by atoms with van der Waals surface area (Å²) in [5.74, 6) is 2.16. The molecule has 1 aliphatic heterocycles.